The number of rotatable bonds is 2. The van der Waals surface area contributed by atoms with Crippen LogP contribution in [0.15, 0.2) is 24.4 Å². The zero-order valence-corrected chi connectivity index (χ0v) is 7.49. The number of hydrogen-bond donors (Lipinski definition) is 2. The number of pyridine rings is 1. The van der Waals surface area contributed by atoms with Crippen molar-refractivity contribution >= 4 is 0 Å². The third-order valence-corrected chi connectivity index (χ3v) is 2.16. The molecule has 0 spiro atoms. The molecule has 66 valence electrons. The lowest BCUT2D eigenvalue weighted by atomic mass is 9.86. The Labute approximate surface area is 72.8 Å². The number of hydrogen-bond acceptors (Lipinski definition) is 3. The zero-order valence-electron chi connectivity index (χ0n) is 7.49. The van der Waals surface area contributed by atoms with Gasteiger partial charge in [-0.05, 0) is 12.1 Å². The largest absolute Gasteiger partial charge is 0.315 e. The Morgan fingerprint density at radius 1 is 1.33 bits per heavy atom. The molecule has 0 radical (unpaired) electrons. The Hall–Kier alpha value is -0.930. The van der Waals surface area contributed by atoms with E-state index in [0.717, 1.165) is 5.69 Å². The van der Waals surface area contributed by atoms with E-state index in [-0.39, 0.29) is 11.6 Å². The van der Waals surface area contributed by atoms with Crippen molar-refractivity contribution in [3.63, 3.8) is 0 Å². The lowest BCUT2D eigenvalue weighted by Gasteiger charge is -2.27. The van der Waals surface area contributed by atoms with Crippen LogP contribution in [-0.4, -0.2) is 11.1 Å². The van der Waals surface area contributed by atoms with Gasteiger partial charge in [-0.25, -0.2) is 0 Å². The summed E-state index contributed by atoms with van der Waals surface area (Å²) >= 11 is 0. The van der Waals surface area contributed by atoms with Crippen molar-refractivity contribution in [2.45, 2.75) is 25.4 Å². The van der Waals surface area contributed by atoms with Crippen molar-refractivity contribution in [3.05, 3.63) is 30.1 Å². The van der Waals surface area contributed by atoms with Crippen molar-refractivity contribution < 1.29 is 0 Å². The monoisotopic (exact) mass is 165 g/mol. The van der Waals surface area contributed by atoms with Gasteiger partial charge in [0.25, 0.3) is 0 Å². The van der Waals surface area contributed by atoms with Crippen LogP contribution in [0, 0.1) is 0 Å². The van der Waals surface area contributed by atoms with Crippen molar-refractivity contribution in [1.29, 1.82) is 0 Å². The van der Waals surface area contributed by atoms with Crippen LogP contribution in [-0.2, 0) is 5.41 Å². The fourth-order valence-corrected chi connectivity index (χ4v) is 0.915. The van der Waals surface area contributed by atoms with Crippen LogP contribution in [0.4, 0.5) is 0 Å². The summed E-state index contributed by atoms with van der Waals surface area (Å²) in [5.74, 6) is 0. The Balaban J connectivity index is 2.98. The Morgan fingerprint density at radius 3 is 2.42 bits per heavy atom. The molecule has 3 heteroatoms. The van der Waals surface area contributed by atoms with Crippen LogP contribution >= 0.6 is 0 Å². The second-order valence-electron chi connectivity index (χ2n) is 3.46. The molecule has 1 aromatic rings. The fraction of sp³-hybridized carbons (Fsp3) is 0.444. The normalized spacial score (nSPS) is 12.1. The summed E-state index contributed by atoms with van der Waals surface area (Å²) in [6, 6.07) is 5.75. The zero-order chi connectivity index (χ0) is 9.19. The quantitative estimate of drug-likeness (QED) is 0.631. The van der Waals surface area contributed by atoms with Crippen molar-refractivity contribution in [2.75, 3.05) is 0 Å². The summed E-state index contributed by atoms with van der Waals surface area (Å²) in [5, 5.41) is 0. The Bertz CT molecular complexity index is 241. The molecule has 0 aliphatic heterocycles. The van der Waals surface area contributed by atoms with Crippen molar-refractivity contribution in [3.8, 4) is 0 Å². The minimum Gasteiger partial charge on any atom is -0.315 e. The van der Waals surface area contributed by atoms with Crippen molar-refractivity contribution in [1.82, 2.24) is 4.98 Å². The van der Waals surface area contributed by atoms with E-state index in [9.17, 15) is 0 Å². The van der Waals surface area contributed by atoms with Gasteiger partial charge < -0.3 is 11.5 Å². The lowest BCUT2D eigenvalue weighted by molar-refractivity contribution is 0.408. The molecular weight excluding hydrogens is 150 g/mol. The van der Waals surface area contributed by atoms with E-state index in [1.54, 1.807) is 6.20 Å². The van der Waals surface area contributed by atoms with E-state index in [4.69, 9.17) is 11.5 Å². The summed E-state index contributed by atoms with van der Waals surface area (Å²) in [6.45, 7) is 3.97. The molecule has 0 aromatic carbocycles. The van der Waals surface area contributed by atoms with E-state index >= 15 is 0 Å². The van der Waals surface area contributed by atoms with E-state index < -0.39 is 0 Å². The van der Waals surface area contributed by atoms with Gasteiger partial charge in [-0.2, -0.15) is 0 Å². The maximum Gasteiger partial charge on any atom is 0.0630 e. The van der Waals surface area contributed by atoms with E-state index in [2.05, 4.69) is 4.98 Å². The lowest BCUT2D eigenvalue weighted by Crippen LogP contribution is -2.48. The summed E-state index contributed by atoms with van der Waals surface area (Å²) in [5.41, 5.74) is 11.9. The number of aromatic nitrogens is 1. The molecule has 0 aliphatic carbocycles. The third-order valence-electron chi connectivity index (χ3n) is 2.16. The van der Waals surface area contributed by atoms with E-state index in [1.165, 1.54) is 0 Å². The molecule has 0 unspecified atom stereocenters. The number of nitrogens with two attached hydrogens (primary N) is 2. The first-order valence-electron chi connectivity index (χ1n) is 3.98. The molecular formula is C9H15N3. The second-order valence-corrected chi connectivity index (χ2v) is 3.46. The van der Waals surface area contributed by atoms with Crippen LogP contribution in [0.25, 0.3) is 0 Å². The topological polar surface area (TPSA) is 64.9 Å². The first-order valence-corrected chi connectivity index (χ1v) is 3.98. The minimum absolute atomic E-state index is 0.263. The first-order chi connectivity index (χ1) is 5.55. The standard InChI is InChI=1S/C9H15N3/c1-9(2,8(10)11)7-5-3-4-6-12-7/h3-6,8H,10-11H2,1-2H3. The molecule has 0 saturated heterocycles. The summed E-state index contributed by atoms with van der Waals surface area (Å²) < 4.78 is 0. The van der Waals surface area contributed by atoms with Crippen LogP contribution in [0.5, 0.6) is 0 Å². The molecule has 1 heterocycles. The SMILES string of the molecule is CC(C)(c1ccccn1)C(N)N. The predicted molar refractivity (Wildman–Crippen MR) is 49.4 cm³/mol. The van der Waals surface area contributed by atoms with Gasteiger partial charge in [0, 0.05) is 17.3 Å². The molecule has 4 N–H and O–H groups in total. The van der Waals surface area contributed by atoms with Gasteiger partial charge in [0.2, 0.25) is 0 Å². The molecule has 0 fully saturated rings. The van der Waals surface area contributed by atoms with Crippen LogP contribution in [0.3, 0.4) is 0 Å². The molecule has 0 amide bonds. The van der Waals surface area contributed by atoms with Gasteiger partial charge in [0.05, 0.1) is 6.17 Å². The minimum atomic E-state index is -0.382. The average molecular weight is 165 g/mol. The highest BCUT2D eigenvalue weighted by atomic mass is 14.9. The average Bonchev–Trinajstić information content (AvgIpc) is 2.06. The van der Waals surface area contributed by atoms with Crippen LogP contribution < -0.4 is 11.5 Å². The molecule has 3 nitrogen and oxygen atoms in total. The summed E-state index contributed by atoms with van der Waals surface area (Å²) in [6.07, 6.45) is 1.37. The molecule has 1 rings (SSSR count). The van der Waals surface area contributed by atoms with Gasteiger partial charge in [0.1, 0.15) is 0 Å². The van der Waals surface area contributed by atoms with Gasteiger partial charge >= 0.3 is 0 Å². The van der Waals surface area contributed by atoms with Crippen LogP contribution in [0.2, 0.25) is 0 Å². The molecule has 0 atom stereocenters. The maximum absolute atomic E-state index is 5.64. The van der Waals surface area contributed by atoms with Crippen molar-refractivity contribution in [2.24, 2.45) is 11.5 Å². The predicted octanol–water partition coefficient (Wildman–Crippen LogP) is 0.603. The van der Waals surface area contributed by atoms with Crippen LogP contribution in [0.1, 0.15) is 19.5 Å². The molecule has 1 aromatic heterocycles. The third kappa shape index (κ3) is 1.62. The Kier molecular flexibility index (Phi) is 2.45. The van der Waals surface area contributed by atoms with Gasteiger partial charge in [0.15, 0.2) is 0 Å². The molecule has 0 saturated carbocycles. The Morgan fingerprint density at radius 2 is 2.00 bits per heavy atom. The first kappa shape index (κ1) is 9.16. The number of nitrogens with zero attached hydrogens (tertiary/aromatic N) is 1. The molecule has 12 heavy (non-hydrogen) atoms. The van der Waals surface area contributed by atoms with E-state index in [1.807, 2.05) is 32.0 Å². The maximum atomic E-state index is 5.64. The fourth-order valence-electron chi connectivity index (χ4n) is 0.915. The smallest absolute Gasteiger partial charge is 0.0630 e. The molecule has 0 aliphatic rings. The van der Waals surface area contributed by atoms with Gasteiger partial charge in [-0.3, -0.25) is 4.98 Å². The summed E-state index contributed by atoms with van der Waals surface area (Å²) in [7, 11) is 0. The molecule has 0 bridgehead atoms. The summed E-state index contributed by atoms with van der Waals surface area (Å²) in [4.78, 5) is 4.21. The van der Waals surface area contributed by atoms with E-state index in [0.29, 0.717) is 0 Å². The highest BCUT2D eigenvalue weighted by molar-refractivity contribution is 5.16. The second kappa shape index (κ2) is 3.21. The highest BCUT2D eigenvalue weighted by Gasteiger charge is 2.26. The van der Waals surface area contributed by atoms with Gasteiger partial charge in [-0.15, -0.1) is 0 Å². The highest BCUT2D eigenvalue weighted by Crippen LogP contribution is 2.20. The van der Waals surface area contributed by atoms with Gasteiger partial charge in [-0.1, -0.05) is 19.9 Å².